The van der Waals surface area contributed by atoms with Gasteiger partial charge in [0.2, 0.25) is 0 Å². The molecule has 5 heteroatoms. The van der Waals surface area contributed by atoms with Gasteiger partial charge >= 0.3 is 0 Å². The first-order valence-corrected chi connectivity index (χ1v) is 6.74. The lowest BCUT2D eigenvalue weighted by Gasteiger charge is -2.05. The molecular weight excluding hydrogens is 264 g/mol. The average molecular weight is 280 g/mol. The number of aromatic nitrogens is 3. The van der Waals surface area contributed by atoms with Crippen LogP contribution in [0.25, 0.3) is 11.4 Å². The van der Waals surface area contributed by atoms with E-state index >= 15 is 0 Å². The van der Waals surface area contributed by atoms with Crippen LogP contribution in [0.4, 0.5) is 5.69 Å². The standard InChI is InChI=1S/C16H16N4O/c17-14-6-4-5-13(11-14)16-18-12-20(19-16)9-10-21-15-7-2-1-3-8-15/h1-8,11-12H,9-10,17H2. The fourth-order valence-electron chi connectivity index (χ4n) is 1.99. The summed E-state index contributed by atoms with van der Waals surface area (Å²) in [5.41, 5.74) is 7.38. The summed E-state index contributed by atoms with van der Waals surface area (Å²) in [6.07, 6.45) is 1.70. The van der Waals surface area contributed by atoms with Crippen molar-refractivity contribution in [2.45, 2.75) is 6.54 Å². The minimum atomic E-state index is 0.545. The largest absolute Gasteiger partial charge is 0.492 e. The molecular formula is C16H16N4O. The number of nitrogens with two attached hydrogens (primary N) is 1. The number of hydrogen-bond acceptors (Lipinski definition) is 4. The number of para-hydroxylation sites is 1. The fourth-order valence-corrected chi connectivity index (χ4v) is 1.99. The Morgan fingerprint density at radius 1 is 1.05 bits per heavy atom. The second kappa shape index (κ2) is 6.09. The van der Waals surface area contributed by atoms with E-state index in [9.17, 15) is 0 Å². The molecule has 0 unspecified atom stereocenters. The van der Waals surface area contributed by atoms with Gasteiger partial charge in [0.15, 0.2) is 5.82 Å². The highest BCUT2D eigenvalue weighted by Crippen LogP contribution is 2.16. The van der Waals surface area contributed by atoms with Crippen LogP contribution in [-0.4, -0.2) is 21.4 Å². The van der Waals surface area contributed by atoms with Gasteiger partial charge in [-0.1, -0.05) is 30.3 Å². The third-order valence-corrected chi connectivity index (χ3v) is 3.01. The van der Waals surface area contributed by atoms with Crippen LogP contribution in [0.1, 0.15) is 0 Å². The molecule has 0 saturated carbocycles. The lowest BCUT2D eigenvalue weighted by Crippen LogP contribution is -2.08. The number of ether oxygens (including phenoxy) is 1. The topological polar surface area (TPSA) is 66.0 Å². The quantitative estimate of drug-likeness (QED) is 0.730. The molecule has 0 fully saturated rings. The Balaban J connectivity index is 1.60. The van der Waals surface area contributed by atoms with E-state index in [-0.39, 0.29) is 0 Å². The van der Waals surface area contributed by atoms with E-state index in [1.165, 1.54) is 0 Å². The molecule has 1 heterocycles. The molecule has 2 N–H and O–H groups in total. The van der Waals surface area contributed by atoms with E-state index in [1.807, 2.05) is 54.6 Å². The predicted octanol–water partition coefficient (Wildman–Crippen LogP) is 2.61. The third kappa shape index (κ3) is 3.39. The molecule has 0 bridgehead atoms. The Morgan fingerprint density at radius 2 is 1.90 bits per heavy atom. The lowest BCUT2D eigenvalue weighted by molar-refractivity contribution is 0.291. The molecule has 0 aliphatic heterocycles. The smallest absolute Gasteiger partial charge is 0.181 e. The summed E-state index contributed by atoms with van der Waals surface area (Å²) >= 11 is 0. The first-order chi connectivity index (χ1) is 10.3. The molecule has 0 aliphatic rings. The maximum Gasteiger partial charge on any atom is 0.181 e. The Kier molecular flexibility index (Phi) is 3.82. The van der Waals surface area contributed by atoms with Gasteiger partial charge in [-0.25, -0.2) is 9.67 Å². The monoisotopic (exact) mass is 280 g/mol. The average Bonchev–Trinajstić information content (AvgIpc) is 2.97. The predicted molar refractivity (Wildman–Crippen MR) is 81.8 cm³/mol. The van der Waals surface area contributed by atoms with Crippen LogP contribution in [0, 0.1) is 0 Å². The lowest BCUT2D eigenvalue weighted by atomic mass is 10.2. The van der Waals surface area contributed by atoms with Gasteiger partial charge in [0.1, 0.15) is 18.7 Å². The first-order valence-electron chi connectivity index (χ1n) is 6.74. The van der Waals surface area contributed by atoms with Crippen LogP contribution in [0.3, 0.4) is 0 Å². The van der Waals surface area contributed by atoms with Crippen molar-refractivity contribution >= 4 is 5.69 Å². The van der Waals surface area contributed by atoms with E-state index in [1.54, 1.807) is 11.0 Å². The van der Waals surface area contributed by atoms with Crippen molar-refractivity contribution in [2.24, 2.45) is 0 Å². The summed E-state index contributed by atoms with van der Waals surface area (Å²) in [5.74, 6) is 1.52. The van der Waals surface area contributed by atoms with Gasteiger partial charge in [0.05, 0.1) is 6.54 Å². The number of anilines is 1. The molecule has 0 saturated heterocycles. The summed E-state index contributed by atoms with van der Waals surface area (Å²) in [6.45, 7) is 1.19. The molecule has 2 aromatic carbocycles. The first kappa shape index (κ1) is 13.2. The molecule has 0 aliphatic carbocycles. The van der Waals surface area contributed by atoms with Crippen molar-refractivity contribution in [3.05, 3.63) is 60.9 Å². The van der Waals surface area contributed by atoms with Crippen molar-refractivity contribution in [1.82, 2.24) is 14.8 Å². The number of rotatable bonds is 5. The zero-order valence-corrected chi connectivity index (χ0v) is 11.5. The molecule has 3 rings (SSSR count). The highest BCUT2D eigenvalue weighted by atomic mass is 16.5. The molecule has 0 radical (unpaired) electrons. The van der Waals surface area contributed by atoms with Gasteiger partial charge in [-0.2, -0.15) is 5.10 Å². The van der Waals surface area contributed by atoms with Gasteiger partial charge in [0.25, 0.3) is 0 Å². The number of benzene rings is 2. The van der Waals surface area contributed by atoms with E-state index in [4.69, 9.17) is 10.5 Å². The minimum Gasteiger partial charge on any atom is -0.492 e. The Bertz CT molecular complexity index is 709. The molecule has 1 aromatic heterocycles. The van der Waals surface area contributed by atoms with Crippen LogP contribution in [-0.2, 0) is 6.54 Å². The molecule has 0 amide bonds. The van der Waals surface area contributed by atoms with Crippen molar-refractivity contribution in [2.75, 3.05) is 12.3 Å². The van der Waals surface area contributed by atoms with Crippen LogP contribution < -0.4 is 10.5 Å². The zero-order chi connectivity index (χ0) is 14.5. The highest BCUT2D eigenvalue weighted by molar-refractivity contribution is 5.60. The third-order valence-electron chi connectivity index (χ3n) is 3.01. The zero-order valence-electron chi connectivity index (χ0n) is 11.5. The van der Waals surface area contributed by atoms with E-state index in [0.29, 0.717) is 24.7 Å². The van der Waals surface area contributed by atoms with Crippen molar-refractivity contribution in [3.8, 4) is 17.1 Å². The normalized spacial score (nSPS) is 10.5. The number of hydrogen-bond donors (Lipinski definition) is 1. The number of nitrogen functional groups attached to an aromatic ring is 1. The van der Waals surface area contributed by atoms with E-state index in [0.717, 1.165) is 11.3 Å². The molecule has 0 spiro atoms. The molecule has 21 heavy (non-hydrogen) atoms. The summed E-state index contributed by atoms with van der Waals surface area (Å²) in [5, 5.41) is 4.42. The molecule has 3 aromatic rings. The van der Waals surface area contributed by atoms with Gasteiger partial charge < -0.3 is 10.5 Å². The maximum atomic E-state index is 5.76. The van der Waals surface area contributed by atoms with Crippen LogP contribution in [0.15, 0.2) is 60.9 Å². The second-order valence-electron chi connectivity index (χ2n) is 4.62. The van der Waals surface area contributed by atoms with Crippen LogP contribution >= 0.6 is 0 Å². The van der Waals surface area contributed by atoms with Crippen LogP contribution in [0.5, 0.6) is 5.75 Å². The van der Waals surface area contributed by atoms with Crippen molar-refractivity contribution in [1.29, 1.82) is 0 Å². The summed E-state index contributed by atoms with van der Waals surface area (Å²) in [6, 6.07) is 17.3. The second-order valence-corrected chi connectivity index (χ2v) is 4.62. The Hall–Kier alpha value is -2.82. The van der Waals surface area contributed by atoms with Gasteiger partial charge in [-0.05, 0) is 24.3 Å². The highest BCUT2D eigenvalue weighted by Gasteiger charge is 2.04. The molecule has 5 nitrogen and oxygen atoms in total. The van der Waals surface area contributed by atoms with Crippen molar-refractivity contribution in [3.63, 3.8) is 0 Å². The minimum absolute atomic E-state index is 0.545. The SMILES string of the molecule is Nc1cccc(-c2ncn(CCOc3ccccc3)n2)c1. The molecule has 106 valence electrons. The van der Waals surface area contributed by atoms with E-state index < -0.39 is 0 Å². The van der Waals surface area contributed by atoms with Gasteiger partial charge in [0, 0.05) is 11.3 Å². The summed E-state index contributed by atoms with van der Waals surface area (Å²) < 4.78 is 7.40. The molecule has 0 atom stereocenters. The Morgan fingerprint density at radius 3 is 2.71 bits per heavy atom. The van der Waals surface area contributed by atoms with Gasteiger partial charge in [-0.3, -0.25) is 0 Å². The summed E-state index contributed by atoms with van der Waals surface area (Å²) in [7, 11) is 0. The van der Waals surface area contributed by atoms with Crippen molar-refractivity contribution < 1.29 is 4.74 Å². The van der Waals surface area contributed by atoms with E-state index in [2.05, 4.69) is 10.1 Å². The Labute approximate surface area is 123 Å². The van der Waals surface area contributed by atoms with Gasteiger partial charge in [-0.15, -0.1) is 0 Å². The fraction of sp³-hybridized carbons (Fsp3) is 0.125. The van der Waals surface area contributed by atoms with Crippen LogP contribution in [0.2, 0.25) is 0 Å². The number of nitrogens with zero attached hydrogens (tertiary/aromatic N) is 3. The summed E-state index contributed by atoms with van der Waals surface area (Å²) in [4.78, 5) is 4.29. The maximum absolute atomic E-state index is 5.76.